The van der Waals surface area contributed by atoms with Crippen LogP contribution in [0.2, 0.25) is 10.0 Å². The van der Waals surface area contributed by atoms with Crippen LogP contribution in [-0.2, 0) is 13.0 Å². The van der Waals surface area contributed by atoms with E-state index in [1.807, 2.05) is 19.9 Å². The summed E-state index contributed by atoms with van der Waals surface area (Å²) in [6.07, 6.45) is 1.72. The van der Waals surface area contributed by atoms with Crippen molar-refractivity contribution in [2.24, 2.45) is 0 Å². The molecule has 1 aromatic carbocycles. The van der Waals surface area contributed by atoms with Crippen LogP contribution >= 0.6 is 23.2 Å². The second-order valence-electron chi connectivity index (χ2n) is 7.02. The molecule has 0 bridgehead atoms. The lowest BCUT2D eigenvalue weighted by molar-refractivity contribution is 0.365. The van der Waals surface area contributed by atoms with Gasteiger partial charge >= 0.3 is 0 Å². The van der Waals surface area contributed by atoms with Gasteiger partial charge in [0.1, 0.15) is 11.5 Å². The van der Waals surface area contributed by atoms with Crippen LogP contribution in [0, 0.1) is 5.82 Å². The Labute approximate surface area is 171 Å². The van der Waals surface area contributed by atoms with Crippen LogP contribution in [0.5, 0.6) is 0 Å². The summed E-state index contributed by atoms with van der Waals surface area (Å²) in [6.45, 7) is 5.09. The molecule has 146 valence electrons. The first-order valence-corrected chi connectivity index (χ1v) is 9.77. The molecule has 3 aromatic rings. The van der Waals surface area contributed by atoms with E-state index in [0.717, 1.165) is 30.8 Å². The normalized spacial score (nSPS) is 13.9. The highest BCUT2D eigenvalue weighted by Crippen LogP contribution is 2.34. The summed E-state index contributed by atoms with van der Waals surface area (Å²) in [5, 5.41) is 13.1. The number of hydrogen-bond acceptors (Lipinski definition) is 6. The van der Waals surface area contributed by atoms with Gasteiger partial charge in [-0.2, -0.15) is 10.1 Å². The highest BCUT2D eigenvalue weighted by atomic mass is 35.5. The van der Waals surface area contributed by atoms with E-state index in [9.17, 15) is 4.39 Å². The number of nitrogens with zero attached hydrogens (tertiary/aromatic N) is 5. The van der Waals surface area contributed by atoms with E-state index in [1.165, 1.54) is 12.1 Å². The zero-order valence-electron chi connectivity index (χ0n) is 15.4. The van der Waals surface area contributed by atoms with Gasteiger partial charge in [-0.3, -0.25) is 0 Å². The van der Waals surface area contributed by atoms with Crippen molar-refractivity contribution in [1.82, 2.24) is 20.3 Å². The van der Waals surface area contributed by atoms with Crippen LogP contribution in [0.4, 0.5) is 10.1 Å². The molecule has 1 aliphatic rings. The fraction of sp³-hybridized carbons (Fsp3) is 0.368. The molecule has 2 aromatic heterocycles. The van der Waals surface area contributed by atoms with Crippen molar-refractivity contribution in [3.8, 4) is 11.5 Å². The van der Waals surface area contributed by atoms with Crippen molar-refractivity contribution in [2.75, 3.05) is 11.4 Å². The SMILES string of the molecule is CC(C)c1nc(-c2cc3c(nn2)CCCN3Cc2c(Cl)ccc(F)c2Cl)no1. The summed E-state index contributed by atoms with van der Waals surface area (Å²) in [6, 6.07) is 4.67. The summed E-state index contributed by atoms with van der Waals surface area (Å²) < 4.78 is 19.2. The molecule has 0 aliphatic carbocycles. The first kappa shape index (κ1) is 19.1. The molecule has 0 saturated heterocycles. The maximum absolute atomic E-state index is 13.9. The molecule has 1 aliphatic heterocycles. The zero-order chi connectivity index (χ0) is 19.8. The molecule has 6 nitrogen and oxygen atoms in total. The molecule has 9 heteroatoms. The van der Waals surface area contributed by atoms with Crippen molar-refractivity contribution < 1.29 is 8.91 Å². The molecular weight excluding hydrogens is 404 g/mol. The highest BCUT2D eigenvalue weighted by molar-refractivity contribution is 6.36. The number of anilines is 1. The predicted octanol–water partition coefficient (Wildman–Crippen LogP) is 5.05. The maximum atomic E-state index is 13.9. The fourth-order valence-electron chi connectivity index (χ4n) is 3.17. The lowest BCUT2D eigenvalue weighted by Crippen LogP contribution is -2.30. The third-order valence-corrected chi connectivity index (χ3v) is 5.45. The fourth-order valence-corrected chi connectivity index (χ4v) is 3.66. The van der Waals surface area contributed by atoms with Crippen LogP contribution < -0.4 is 4.90 Å². The second-order valence-corrected chi connectivity index (χ2v) is 7.80. The molecule has 28 heavy (non-hydrogen) atoms. The average molecular weight is 422 g/mol. The summed E-state index contributed by atoms with van der Waals surface area (Å²) in [7, 11) is 0. The number of rotatable bonds is 4. The summed E-state index contributed by atoms with van der Waals surface area (Å²) >= 11 is 12.4. The molecule has 4 rings (SSSR count). The van der Waals surface area contributed by atoms with Crippen molar-refractivity contribution in [3.05, 3.63) is 51.2 Å². The highest BCUT2D eigenvalue weighted by Gasteiger charge is 2.24. The Hall–Kier alpha value is -2.25. The van der Waals surface area contributed by atoms with Gasteiger partial charge in [-0.1, -0.05) is 42.2 Å². The van der Waals surface area contributed by atoms with Crippen LogP contribution in [-0.4, -0.2) is 26.9 Å². The molecule has 3 heterocycles. The minimum Gasteiger partial charge on any atom is -0.365 e. The van der Waals surface area contributed by atoms with E-state index in [1.54, 1.807) is 0 Å². The van der Waals surface area contributed by atoms with E-state index in [2.05, 4.69) is 25.2 Å². The van der Waals surface area contributed by atoms with E-state index < -0.39 is 5.82 Å². The van der Waals surface area contributed by atoms with E-state index in [4.69, 9.17) is 27.7 Å². The van der Waals surface area contributed by atoms with Gasteiger partial charge in [0.05, 0.1) is 16.4 Å². The van der Waals surface area contributed by atoms with Crippen molar-refractivity contribution in [2.45, 2.75) is 39.2 Å². The third-order valence-electron chi connectivity index (χ3n) is 4.68. The average Bonchev–Trinajstić information content (AvgIpc) is 3.18. The van der Waals surface area contributed by atoms with E-state index in [0.29, 0.717) is 34.5 Å². The maximum Gasteiger partial charge on any atom is 0.229 e. The predicted molar refractivity (Wildman–Crippen MR) is 105 cm³/mol. The first-order chi connectivity index (χ1) is 13.4. The molecule has 0 amide bonds. The topological polar surface area (TPSA) is 67.9 Å². The van der Waals surface area contributed by atoms with Crippen molar-refractivity contribution >= 4 is 28.9 Å². The summed E-state index contributed by atoms with van der Waals surface area (Å²) in [5.41, 5.74) is 2.84. The number of aryl methyl sites for hydroxylation is 1. The molecule has 0 unspecified atom stereocenters. The lowest BCUT2D eigenvalue weighted by Gasteiger charge is -2.31. The minimum absolute atomic E-state index is 0.0432. The number of benzene rings is 1. The monoisotopic (exact) mass is 421 g/mol. The van der Waals surface area contributed by atoms with Crippen molar-refractivity contribution in [1.29, 1.82) is 0 Å². The number of halogens is 3. The largest absolute Gasteiger partial charge is 0.365 e. The Morgan fingerprint density at radius 3 is 2.82 bits per heavy atom. The molecule has 0 fully saturated rings. The standard InChI is InChI=1S/C19H18Cl2FN5O/c1-10(2)19-23-18(26-28-19)15-8-16-14(24-25-15)4-3-7-27(16)9-11-12(20)5-6-13(22)17(11)21/h5-6,8,10H,3-4,7,9H2,1-2H3. The Balaban J connectivity index is 1.69. The minimum atomic E-state index is -0.486. The molecule has 0 atom stereocenters. The molecule has 0 saturated carbocycles. The van der Waals surface area contributed by atoms with Gasteiger partial charge in [-0.25, -0.2) is 4.39 Å². The lowest BCUT2D eigenvalue weighted by atomic mass is 10.1. The Morgan fingerprint density at radius 2 is 2.07 bits per heavy atom. The Bertz CT molecular complexity index is 1020. The van der Waals surface area contributed by atoms with E-state index >= 15 is 0 Å². The molecule has 0 radical (unpaired) electrons. The van der Waals surface area contributed by atoms with Gasteiger partial charge in [0.15, 0.2) is 0 Å². The van der Waals surface area contributed by atoms with Gasteiger partial charge in [0.25, 0.3) is 0 Å². The third kappa shape index (κ3) is 3.56. The smallest absolute Gasteiger partial charge is 0.229 e. The van der Waals surface area contributed by atoms with Crippen LogP contribution in [0.3, 0.4) is 0 Å². The zero-order valence-corrected chi connectivity index (χ0v) is 16.9. The van der Waals surface area contributed by atoms with Crippen LogP contribution in [0.15, 0.2) is 22.7 Å². The first-order valence-electron chi connectivity index (χ1n) is 9.02. The van der Waals surface area contributed by atoms with Crippen molar-refractivity contribution in [3.63, 3.8) is 0 Å². The van der Waals surface area contributed by atoms with Crippen LogP contribution in [0.1, 0.15) is 43.3 Å². The molecule has 0 spiro atoms. The van der Waals surface area contributed by atoms with Gasteiger partial charge in [0, 0.05) is 29.6 Å². The Kier molecular flexibility index (Phi) is 5.21. The van der Waals surface area contributed by atoms with Gasteiger partial charge in [-0.15, -0.1) is 5.10 Å². The number of fused-ring (bicyclic) bond motifs is 1. The molecular formula is C19H18Cl2FN5O. The van der Waals surface area contributed by atoms with Crippen LogP contribution in [0.25, 0.3) is 11.5 Å². The molecule has 0 N–H and O–H groups in total. The van der Waals surface area contributed by atoms with Gasteiger partial charge < -0.3 is 9.42 Å². The summed E-state index contributed by atoms with van der Waals surface area (Å²) in [4.78, 5) is 6.46. The van der Waals surface area contributed by atoms with Gasteiger partial charge in [0.2, 0.25) is 11.7 Å². The number of hydrogen-bond donors (Lipinski definition) is 0. The Morgan fingerprint density at radius 1 is 1.25 bits per heavy atom. The van der Waals surface area contributed by atoms with Gasteiger partial charge in [-0.05, 0) is 31.0 Å². The quantitative estimate of drug-likeness (QED) is 0.549. The second kappa shape index (κ2) is 7.64. The number of aromatic nitrogens is 4. The summed E-state index contributed by atoms with van der Waals surface area (Å²) in [5.74, 6) is 0.580. The van der Waals surface area contributed by atoms with E-state index in [-0.39, 0.29) is 10.9 Å².